The zero-order chi connectivity index (χ0) is 82.6. The standard InChI is InChI=1S/C23H25N5O3.C22H23N5O3S.C22H23N5O3.C20H23N5O3/c1-13-10-27-5-3-15(7-19(27)26-13)18-9-23(11-31-18)8-17(20(29)21(23)30)28-6-4-16-14(2)24-12-25-22(16)28;1-11-13-4-5-27(20(13)25-10-24-11)15-7-22(19(29)18(15)28)8-16(30-9-22)12-2-3-17-14(6-12)26-21(23)31-17;1-13-15-3-6-27(21(15)25-12-24-13)16-9-22(20(29)19(16)28)10-17(30-11-22)14-2-5-26-7-4-23-18(26)8-14;1-11-13-4-5-25(19(13)24-10-23-11)14-6-20(18(27)17(14)26)7-15(28-9-20)12-2-3-16(21)22-8-12/h3-7,10,12,17-18,20-21,29-30H,8-9,11H2,1-2H3;2-6,10,15-16,18-19,28-29H,7-9H2,1H3,(H2,23,26);2-8,12,16-17,19-20,28-29H,9-11H2,1H3;2-5,8,10,14-15,17-18,26-27H,6-7,9H2,1H3,(H2,21,22)/t17-,18-,20+,21+,23-;15-,16-,18+,19+,22-;16-,17-,19+,20+,22-;14-,15-,17+,18+,20-/m1111/s1. The lowest BCUT2D eigenvalue weighted by Crippen LogP contribution is -2.37. The van der Waals surface area contributed by atoms with Gasteiger partial charge in [0.15, 0.2) is 5.13 Å². The fourth-order valence-electron chi connectivity index (χ4n) is 20.9. The smallest absolute Gasteiger partial charge is 0.181 e. The number of hydrogen-bond donors (Lipinski definition) is 10. The van der Waals surface area contributed by atoms with Gasteiger partial charge in [-0.05, 0) is 175 Å². The normalized spacial score (nSPS) is 31.4. The molecule has 1 aromatic carbocycles. The van der Waals surface area contributed by atoms with Gasteiger partial charge in [0.25, 0.3) is 0 Å². The van der Waals surface area contributed by atoms with Crippen LogP contribution in [-0.2, 0) is 18.9 Å². The minimum atomic E-state index is -0.894. The summed E-state index contributed by atoms with van der Waals surface area (Å²) >= 11 is 1.46. The number of anilines is 2. The Morgan fingerprint density at radius 1 is 0.375 bits per heavy atom. The summed E-state index contributed by atoms with van der Waals surface area (Å²) in [7, 11) is 0. The van der Waals surface area contributed by atoms with Crippen molar-refractivity contribution in [3.05, 3.63) is 217 Å². The van der Waals surface area contributed by atoms with Crippen LogP contribution in [0.25, 0.3) is 65.6 Å². The molecule has 4 saturated carbocycles. The average molecular weight is 1640 g/mol. The maximum Gasteiger partial charge on any atom is 0.181 e. The van der Waals surface area contributed by atoms with E-state index in [0.29, 0.717) is 88.7 Å². The number of ether oxygens (including phenoxy) is 4. The zero-order valence-corrected chi connectivity index (χ0v) is 67.5. The Morgan fingerprint density at radius 3 is 1.15 bits per heavy atom. The van der Waals surface area contributed by atoms with Crippen molar-refractivity contribution in [2.24, 2.45) is 21.7 Å². The minimum absolute atomic E-state index is 0.127. The molecule has 18 heterocycles. The molecule has 32 nitrogen and oxygen atoms in total. The van der Waals surface area contributed by atoms with Crippen LogP contribution in [-0.4, -0.2) is 203 Å². The van der Waals surface area contributed by atoms with Crippen molar-refractivity contribution in [3.8, 4) is 0 Å². The minimum Gasteiger partial charge on any atom is -0.390 e. The summed E-state index contributed by atoms with van der Waals surface area (Å²) < 4.78 is 37.4. The highest BCUT2D eigenvalue weighted by molar-refractivity contribution is 7.22. The number of nitrogens with two attached hydrogens (primary N) is 2. The van der Waals surface area contributed by atoms with Crippen molar-refractivity contribution in [3.63, 3.8) is 0 Å². The van der Waals surface area contributed by atoms with Gasteiger partial charge in [0.1, 0.15) is 89.4 Å². The van der Waals surface area contributed by atoms with Gasteiger partial charge in [0.2, 0.25) is 0 Å². The Kier molecular flexibility index (Phi) is 19.4. The van der Waals surface area contributed by atoms with Crippen LogP contribution in [0.1, 0.15) is 151 Å². The second kappa shape index (κ2) is 29.8. The Hall–Kier alpha value is -10.8. The van der Waals surface area contributed by atoms with Crippen molar-refractivity contribution in [1.29, 1.82) is 0 Å². The molecule has 33 heteroatoms. The van der Waals surface area contributed by atoms with Gasteiger partial charge in [-0.1, -0.05) is 23.5 Å². The predicted octanol–water partition coefficient (Wildman–Crippen LogP) is 8.99. The van der Waals surface area contributed by atoms with E-state index in [0.717, 1.165) is 116 Å². The van der Waals surface area contributed by atoms with Crippen LogP contribution >= 0.6 is 11.3 Å². The van der Waals surface area contributed by atoms with Crippen LogP contribution in [0.5, 0.6) is 0 Å². The number of nitrogen functional groups attached to an aromatic ring is 2. The van der Waals surface area contributed by atoms with Crippen LogP contribution < -0.4 is 11.5 Å². The number of hydrogen-bond acceptors (Lipinski definition) is 27. The van der Waals surface area contributed by atoms with Crippen molar-refractivity contribution in [2.75, 3.05) is 37.9 Å². The molecule has 0 unspecified atom stereocenters. The number of fused-ring (bicyclic) bond motifs is 7. The number of rotatable bonds is 8. The molecule has 12 N–H and O–H groups in total. The van der Waals surface area contributed by atoms with Gasteiger partial charge in [-0.2, -0.15) is 0 Å². The first-order chi connectivity index (χ1) is 57.9. The van der Waals surface area contributed by atoms with Crippen LogP contribution in [0.2, 0.25) is 0 Å². The first-order valence-electron chi connectivity index (χ1n) is 40.7. The van der Waals surface area contributed by atoms with E-state index in [1.807, 2.05) is 184 Å². The van der Waals surface area contributed by atoms with Gasteiger partial charge >= 0.3 is 0 Å². The highest BCUT2D eigenvalue weighted by Gasteiger charge is 2.61. The number of aliphatic hydroxyl groups excluding tert-OH is 8. The van der Waals surface area contributed by atoms with Crippen molar-refractivity contribution in [1.82, 2.24) is 86.9 Å². The number of nitrogens with zero attached hydrogens (tertiary/aromatic N) is 18. The molecule has 4 aliphatic carbocycles. The molecule has 0 radical (unpaired) electrons. The molecule has 4 saturated heterocycles. The third-order valence-electron chi connectivity index (χ3n) is 27.5. The summed E-state index contributed by atoms with van der Waals surface area (Å²) in [6, 6.07) is 24.7. The van der Waals surface area contributed by atoms with Crippen molar-refractivity contribution < 1.29 is 59.8 Å². The summed E-state index contributed by atoms with van der Waals surface area (Å²) in [5, 5.41) is 92.4. The Morgan fingerprint density at radius 2 is 0.750 bits per heavy atom. The molecular formula is C87H94N20O12S. The summed E-state index contributed by atoms with van der Waals surface area (Å²) in [5.41, 5.74) is 23.9. The number of aromatic nitrogens is 18. The van der Waals surface area contributed by atoms with Gasteiger partial charge in [-0.15, -0.1) is 0 Å². The van der Waals surface area contributed by atoms with Crippen molar-refractivity contribution >= 4 is 87.9 Å². The first-order valence-corrected chi connectivity index (χ1v) is 41.5. The molecule has 15 aromatic rings. The summed E-state index contributed by atoms with van der Waals surface area (Å²) in [4.78, 5) is 52.1. The number of benzene rings is 1. The number of thiazole rings is 1. The lowest BCUT2D eigenvalue weighted by Gasteiger charge is -2.26. The fraction of sp³-hybridized carbons (Fsp3) is 0.425. The first kappa shape index (κ1) is 77.8. The number of aliphatic hydroxyl groups is 8. The Labute approximate surface area is 690 Å². The van der Waals surface area contributed by atoms with Crippen LogP contribution in [0.3, 0.4) is 0 Å². The molecule has 120 heavy (non-hydrogen) atoms. The van der Waals surface area contributed by atoms with Gasteiger partial charge in [-0.3, -0.25) is 0 Å². The third kappa shape index (κ3) is 13.1. The van der Waals surface area contributed by atoms with E-state index >= 15 is 0 Å². The molecule has 8 fully saturated rings. The van der Waals surface area contributed by atoms with E-state index in [9.17, 15) is 40.9 Å². The predicted molar refractivity (Wildman–Crippen MR) is 443 cm³/mol. The highest BCUT2D eigenvalue weighted by atomic mass is 32.1. The zero-order valence-electron chi connectivity index (χ0n) is 66.6. The second-order valence-corrected chi connectivity index (χ2v) is 35.6. The quantitative estimate of drug-likeness (QED) is 0.0678. The molecule has 8 aliphatic rings. The third-order valence-corrected chi connectivity index (χ3v) is 28.4. The van der Waals surface area contributed by atoms with E-state index < -0.39 is 70.5 Å². The maximum absolute atomic E-state index is 11.1. The number of aryl methyl sites for hydroxylation is 5. The van der Waals surface area contributed by atoms with Crippen molar-refractivity contribution in [2.45, 2.75) is 183 Å². The van der Waals surface area contributed by atoms with Gasteiger partial charge in [0.05, 0.1) is 138 Å². The summed E-state index contributed by atoms with van der Waals surface area (Å²) in [6.07, 6.45) is 22.7. The largest absolute Gasteiger partial charge is 0.390 e. The molecule has 0 bridgehead atoms. The number of pyridine rings is 3. The Bertz CT molecular complexity index is 6190. The molecule has 620 valence electrons. The molecule has 4 spiro atoms. The molecule has 23 rings (SSSR count). The topological polar surface area (TPSA) is 434 Å². The number of imidazole rings is 2. The van der Waals surface area contributed by atoms with Crippen LogP contribution in [0.4, 0.5) is 10.9 Å². The van der Waals surface area contributed by atoms with E-state index in [-0.39, 0.29) is 48.6 Å². The molecule has 0 amide bonds. The van der Waals surface area contributed by atoms with Crippen LogP contribution in [0.15, 0.2) is 166 Å². The Balaban J connectivity index is 0.000000102. The van der Waals surface area contributed by atoms with Gasteiger partial charge in [0, 0.05) is 105 Å². The van der Waals surface area contributed by atoms with E-state index in [4.69, 9.17) is 30.4 Å². The average Bonchev–Trinajstić information content (AvgIpc) is 1.59. The maximum atomic E-state index is 11.1. The molecule has 4 aliphatic heterocycles. The van der Waals surface area contributed by atoms with E-state index in [1.165, 1.54) is 24.0 Å². The highest BCUT2D eigenvalue weighted by Crippen LogP contribution is 2.60. The van der Waals surface area contributed by atoms with Gasteiger partial charge < -0.3 is 98.3 Å². The second-order valence-electron chi connectivity index (χ2n) is 34.5. The van der Waals surface area contributed by atoms with E-state index in [2.05, 4.69) is 59.8 Å². The van der Waals surface area contributed by atoms with Crippen LogP contribution in [0, 0.1) is 56.3 Å². The lowest BCUT2D eigenvalue weighted by molar-refractivity contribution is -0.0309. The van der Waals surface area contributed by atoms with Gasteiger partial charge in [-0.25, -0.2) is 59.8 Å². The summed E-state index contributed by atoms with van der Waals surface area (Å²) in [5.74, 6) is 0.463. The lowest BCUT2D eigenvalue weighted by atomic mass is 9.80. The fourth-order valence-corrected chi connectivity index (χ4v) is 21.6. The monoisotopic (exact) mass is 1640 g/mol. The van der Waals surface area contributed by atoms with E-state index in [1.54, 1.807) is 31.1 Å². The molecule has 20 atom stereocenters. The molecule has 14 aromatic heterocycles. The SMILES string of the molecule is Cc1cn2ccc([C@H]3C[C@@]4(CO3)C[C@@H](n3ccc5c(C)ncnc53)[C@H](O)[C@@H]4O)cc2n1.Cc1ncnc2c1ccn2[C@@H]1C[C@@]2(CO[C@@H](c3ccc(N)nc3)C2)[C@@H](O)[C@H]1O.Cc1ncnc2c1ccn2[C@@H]1C[C@@]2(CO[C@@H](c3ccc4sc(N)nc4c3)C2)[C@@H](O)[C@H]1O.Cc1ncnc2c1ccn2[C@@H]1C[C@@]2(CO[C@@H](c3ccn4ccnc4c3)C2)[C@@H](O)[C@H]1O. The molecular weight excluding hydrogens is 1550 g/mol. The summed E-state index contributed by atoms with van der Waals surface area (Å²) in [6.45, 7) is 11.4.